The fourth-order valence-electron chi connectivity index (χ4n) is 4.24. The van der Waals surface area contributed by atoms with Crippen LogP contribution in [0, 0.1) is 11.7 Å². The van der Waals surface area contributed by atoms with Gasteiger partial charge in [-0.05, 0) is 37.1 Å². The molecule has 160 valence electrons. The van der Waals surface area contributed by atoms with Crippen molar-refractivity contribution in [3.63, 3.8) is 0 Å². The Morgan fingerprint density at radius 3 is 2.27 bits per heavy atom. The molecule has 30 heavy (non-hydrogen) atoms. The molecule has 2 aromatic rings. The lowest BCUT2D eigenvalue weighted by Crippen LogP contribution is -2.53. The highest BCUT2D eigenvalue weighted by atomic mass is 32.2. The second kappa shape index (κ2) is 8.73. The molecule has 6 nitrogen and oxygen atoms in total. The Bertz CT molecular complexity index is 992. The van der Waals surface area contributed by atoms with Gasteiger partial charge in [0.2, 0.25) is 15.9 Å². The lowest BCUT2D eigenvalue weighted by Gasteiger charge is -2.39. The molecule has 2 aromatic carbocycles. The Hall–Kier alpha value is -2.45. The van der Waals surface area contributed by atoms with Gasteiger partial charge >= 0.3 is 0 Å². The number of carbonyl (C=O) groups excluding carboxylic acids is 1. The normalized spacial score (nSPS) is 20.9. The van der Waals surface area contributed by atoms with Crippen LogP contribution < -0.4 is 4.90 Å². The summed E-state index contributed by atoms with van der Waals surface area (Å²) in [6.45, 7) is 2.78. The molecule has 0 spiro atoms. The first-order valence-electron chi connectivity index (χ1n) is 10.3. The van der Waals surface area contributed by atoms with E-state index in [1.807, 2.05) is 4.90 Å². The molecule has 0 bridgehead atoms. The van der Waals surface area contributed by atoms with Gasteiger partial charge in [0.1, 0.15) is 5.82 Å². The van der Waals surface area contributed by atoms with Crippen molar-refractivity contribution < 1.29 is 17.6 Å². The van der Waals surface area contributed by atoms with Gasteiger partial charge in [-0.3, -0.25) is 4.79 Å². The minimum Gasteiger partial charge on any atom is -0.366 e. The molecule has 0 aromatic heterocycles. The Kier molecular flexibility index (Phi) is 6.06. The second-order valence-corrected chi connectivity index (χ2v) is 9.72. The Morgan fingerprint density at radius 2 is 1.57 bits per heavy atom. The Labute approximate surface area is 176 Å². The maximum absolute atomic E-state index is 14.0. The summed E-state index contributed by atoms with van der Waals surface area (Å²) in [6.07, 6.45) is 1.35. The van der Waals surface area contributed by atoms with Crippen LogP contribution in [-0.4, -0.2) is 62.8 Å². The van der Waals surface area contributed by atoms with E-state index < -0.39 is 10.0 Å². The number of sulfonamides is 1. The van der Waals surface area contributed by atoms with Crippen molar-refractivity contribution in [3.05, 3.63) is 60.4 Å². The van der Waals surface area contributed by atoms with Crippen LogP contribution in [0.2, 0.25) is 0 Å². The number of para-hydroxylation sites is 1. The van der Waals surface area contributed by atoms with Gasteiger partial charge in [-0.1, -0.05) is 30.3 Å². The van der Waals surface area contributed by atoms with Crippen LogP contribution >= 0.6 is 0 Å². The molecular weight excluding hydrogens is 405 g/mol. The van der Waals surface area contributed by atoms with Crippen molar-refractivity contribution in [3.8, 4) is 0 Å². The first-order valence-corrected chi connectivity index (χ1v) is 11.7. The van der Waals surface area contributed by atoms with Crippen molar-refractivity contribution in [1.82, 2.24) is 9.21 Å². The smallest absolute Gasteiger partial charge is 0.243 e. The Balaban J connectivity index is 1.39. The van der Waals surface area contributed by atoms with Crippen LogP contribution in [0.5, 0.6) is 0 Å². The molecule has 2 fully saturated rings. The molecule has 8 heteroatoms. The largest absolute Gasteiger partial charge is 0.366 e. The summed E-state index contributed by atoms with van der Waals surface area (Å²) >= 11 is 0. The minimum absolute atomic E-state index is 0.00357. The topological polar surface area (TPSA) is 60.9 Å². The maximum Gasteiger partial charge on any atom is 0.243 e. The molecule has 2 saturated heterocycles. The zero-order chi connectivity index (χ0) is 21.1. The summed E-state index contributed by atoms with van der Waals surface area (Å²) < 4.78 is 41.3. The summed E-state index contributed by atoms with van der Waals surface area (Å²) in [7, 11) is -3.60. The highest BCUT2D eigenvalue weighted by molar-refractivity contribution is 7.89. The van der Waals surface area contributed by atoms with Gasteiger partial charge in [0.25, 0.3) is 0 Å². The van der Waals surface area contributed by atoms with E-state index >= 15 is 0 Å². The number of benzene rings is 2. The summed E-state index contributed by atoms with van der Waals surface area (Å²) in [5.41, 5.74) is 0.558. The van der Waals surface area contributed by atoms with Crippen LogP contribution in [0.1, 0.15) is 12.8 Å². The quantitative estimate of drug-likeness (QED) is 0.747. The lowest BCUT2D eigenvalue weighted by molar-refractivity contribution is -0.137. The number of amides is 1. The Morgan fingerprint density at radius 1 is 0.900 bits per heavy atom. The number of carbonyl (C=O) groups is 1. The van der Waals surface area contributed by atoms with E-state index in [2.05, 4.69) is 0 Å². The van der Waals surface area contributed by atoms with Gasteiger partial charge in [-0.2, -0.15) is 4.31 Å². The molecular formula is C22H26FN3O3S. The predicted molar refractivity (Wildman–Crippen MR) is 113 cm³/mol. The van der Waals surface area contributed by atoms with E-state index in [9.17, 15) is 17.6 Å². The molecule has 0 saturated carbocycles. The predicted octanol–water partition coefficient (Wildman–Crippen LogP) is 2.58. The molecule has 2 aliphatic rings. The number of piperazine rings is 1. The molecule has 0 N–H and O–H groups in total. The number of hydrogen-bond donors (Lipinski definition) is 0. The summed E-state index contributed by atoms with van der Waals surface area (Å²) in [4.78, 5) is 17.1. The van der Waals surface area contributed by atoms with Gasteiger partial charge in [-0.15, -0.1) is 0 Å². The third kappa shape index (κ3) is 4.20. The number of anilines is 1. The van der Waals surface area contributed by atoms with Gasteiger partial charge < -0.3 is 9.80 Å². The fraction of sp³-hybridized carbons (Fsp3) is 0.409. The summed E-state index contributed by atoms with van der Waals surface area (Å²) in [5.74, 6) is -0.597. The van der Waals surface area contributed by atoms with Gasteiger partial charge in [-0.25, -0.2) is 12.8 Å². The molecule has 1 unspecified atom stereocenters. The molecule has 2 heterocycles. The number of nitrogens with zero attached hydrogens (tertiary/aromatic N) is 3. The standard InChI is InChI=1S/C22H26FN3O3S/c23-20-10-4-5-11-21(20)24-13-15-25(16-14-24)22(27)18-7-6-12-26(17-18)30(28,29)19-8-2-1-3-9-19/h1-5,8-11,18H,6-7,12-17H2. The van der Waals surface area contributed by atoms with Crippen molar-refractivity contribution in [1.29, 1.82) is 0 Å². The number of halogens is 1. The SMILES string of the molecule is O=C(C1CCCN(S(=O)(=O)c2ccccc2)C1)N1CCN(c2ccccc2F)CC1. The van der Waals surface area contributed by atoms with Crippen LogP contribution in [0.25, 0.3) is 0 Å². The highest BCUT2D eigenvalue weighted by Gasteiger charge is 2.35. The first-order chi connectivity index (χ1) is 14.5. The van der Waals surface area contributed by atoms with E-state index in [0.29, 0.717) is 51.3 Å². The fourth-order valence-corrected chi connectivity index (χ4v) is 5.78. The zero-order valence-corrected chi connectivity index (χ0v) is 17.6. The third-order valence-corrected chi connectivity index (χ3v) is 7.78. The van der Waals surface area contributed by atoms with E-state index in [0.717, 1.165) is 0 Å². The molecule has 0 radical (unpaired) electrons. The minimum atomic E-state index is -3.60. The van der Waals surface area contributed by atoms with Crippen LogP contribution in [-0.2, 0) is 14.8 Å². The average molecular weight is 432 g/mol. The van der Waals surface area contributed by atoms with E-state index in [-0.39, 0.29) is 29.1 Å². The second-order valence-electron chi connectivity index (χ2n) is 7.78. The van der Waals surface area contributed by atoms with Gasteiger partial charge in [0, 0.05) is 39.3 Å². The van der Waals surface area contributed by atoms with Crippen LogP contribution in [0.4, 0.5) is 10.1 Å². The average Bonchev–Trinajstić information content (AvgIpc) is 2.80. The van der Waals surface area contributed by atoms with Crippen molar-refractivity contribution in [2.45, 2.75) is 17.7 Å². The molecule has 0 aliphatic carbocycles. The van der Waals surface area contributed by atoms with Crippen LogP contribution in [0.3, 0.4) is 0 Å². The maximum atomic E-state index is 14.0. The molecule has 4 rings (SSSR count). The van der Waals surface area contributed by atoms with E-state index in [1.54, 1.807) is 53.4 Å². The van der Waals surface area contributed by atoms with Crippen molar-refractivity contribution in [2.24, 2.45) is 5.92 Å². The molecule has 1 atom stereocenters. The number of piperidine rings is 1. The monoisotopic (exact) mass is 431 g/mol. The first kappa shape index (κ1) is 20.8. The lowest BCUT2D eigenvalue weighted by atomic mass is 9.97. The van der Waals surface area contributed by atoms with Crippen molar-refractivity contribution >= 4 is 21.6 Å². The van der Waals surface area contributed by atoms with Crippen LogP contribution in [0.15, 0.2) is 59.5 Å². The van der Waals surface area contributed by atoms with Gasteiger partial charge in [0.05, 0.1) is 16.5 Å². The highest BCUT2D eigenvalue weighted by Crippen LogP contribution is 2.26. The number of hydrogen-bond acceptors (Lipinski definition) is 4. The third-order valence-electron chi connectivity index (χ3n) is 5.90. The summed E-state index contributed by atoms with van der Waals surface area (Å²) in [5, 5.41) is 0. The number of rotatable bonds is 4. The van der Waals surface area contributed by atoms with E-state index in [4.69, 9.17) is 0 Å². The van der Waals surface area contributed by atoms with Crippen molar-refractivity contribution in [2.75, 3.05) is 44.2 Å². The molecule has 1 amide bonds. The molecule has 2 aliphatic heterocycles. The van der Waals surface area contributed by atoms with Gasteiger partial charge in [0.15, 0.2) is 0 Å². The van der Waals surface area contributed by atoms with E-state index in [1.165, 1.54) is 10.4 Å². The summed E-state index contributed by atoms with van der Waals surface area (Å²) in [6, 6.07) is 15.0. The zero-order valence-electron chi connectivity index (χ0n) is 16.8.